The van der Waals surface area contributed by atoms with Crippen molar-refractivity contribution in [2.24, 2.45) is 0 Å². The molecule has 3 nitrogen and oxygen atoms in total. The second kappa shape index (κ2) is 8.42. The minimum absolute atomic E-state index is 0.227. The Morgan fingerprint density at radius 2 is 1.75 bits per heavy atom. The number of benzene rings is 1. The molecule has 0 aromatic heterocycles. The van der Waals surface area contributed by atoms with Crippen LogP contribution in [0.3, 0.4) is 0 Å². The van der Waals surface area contributed by atoms with Crippen molar-refractivity contribution >= 4 is 27.1 Å². The van der Waals surface area contributed by atoms with E-state index in [0.717, 1.165) is 25.7 Å². The Morgan fingerprint density at radius 1 is 1.10 bits per heavy atom. The lowest BCUT2D eigenvalue weighted by Crippen LogP contribution is -2.14. The first-order valence-corrected chi connectivity index (χ1v) is 8.49. The van der Waals surface area contributed by atoms with E-state index in [-0.39, 0.29) is 10.6 Å². The number of hydrogen-bond donors (Lipinski definition) is 1. The lowest BCUT2D eigenvalue weighted by Gasteiger charge is -2.12. The summed E-state index contributed by atoms with van der Waals surface area (Å²) in [6.45, 7) is 0.540. The maximum absolute atomic E-state index is 12.6. The van der Waals surface area contributed by atoms with Crippen LogP contribution in [0.15, 0.2) is 29.2 Å². The van der Waals surface area contributed by atoms with Crippen molar-refractivity contribution in [1.29, 1.82) is 0 Å². The highest BCUT2D eigenvalue weighted by atomic mass is 35.5. The third-order valence-corrected chi connectivity index (χ3v) is 4.51. The first-order valence-electron chi connectivity index (χ1n) is 6.41. The number of hydrogen-bond acceptors (Lipinski definition) is 3. The molecule has 0 aliphatic carbocycles. The first-order chi connectivity index (χ1) is 9.50. The number of sulfone groups is 1. The van der Waals surface area contributed by atoms with Crippen LogP contribution in [0.4, 0.5) is 14.5 Å². The van der Waals surface area contributed by atoms with Crippen molar-refractivity contribution in [2.75, 3.05) is 17.7 Å². The van der Waals surface area contributed by atoms with Crippen LogP contribution in [-0.2, 0) is 9.84 Å². The molecule has 1 N–H and O–H groups in total. The molecule has 114 valence electrons. The molecule has 0 unspecified atom stereocenters. The van der Waals surface area contributed by atoms with Gasteiger partial charge in [0.05, 0.1) is 10.6 Å². The summed E-state index contributed by atoms with van der Waals surface area (Å²) in [5, 5.41) is 2.91. The van der Waals surface area contributed by atoms with E-state index in [1.165, 1.54) is 18.2 Å². The van der Waals surface area contributed by atoms with Crippen molar-refractivity contribution in [3.05, 3.63) is 24.3 Å². The highest BCUT2D eigenvalue weighted by molar-refractivity contribution is 7.91. The largest absolute Gasteiger partial charge is 0.384 e. The molecule has 0 amide bonds. The Kier molecular flexibility index (Phi) is 7.23. The van der Waals surface area contributed by atoms with Crippen molar-refractivity contribution in [1.82, 2.24) is 0 Å². The number of halogens is 3. The molecule has 0 aliphatic rings. The van der Waals surface area contributed by atoms with Crippen LogP contribution in [0.1, 0.15) is 25.7 Å². The van der Waals surface area contributed by atoms with E-state index >= 15 is 0 Å². The van der Waals surface area contributed by atoms with Crippen LogP contribution in [-0.4, -0.2) is 26.6 Å². The third-order valence-electron chi connectivity index (χ3n) is 2.80. The molecule has 0 heterocycles. The van der Waals surface area contributed by atoms with Gasteiger partial charge in [-0.3, -0.25) is 0 Å². The van der Waals surface area contributed by atoms with Crippen LogP contribution in [0.25, 0.3) is 0 Å². The summed E-state index contributed by atoms with van der Waals surface area (Å²) in [4.78, 5) is -0.351. The van der Waals surface area contributed by atoms with E-state index in [9.17, 15) is 17.2 Å². The molecule has 1 rings (SSSR count). The van der Waals surface area contributed by atoms with Gasteiger partial charge in [0.25, 0.3) is 0 Å². The van der Waals surface area contributed by atoms with Gasteiger partial charge >= 0.3 is 5.76 Å². The molecule has 0 spiro atoms. The third kappa shape index (κ3) is 4.90. The maximum Gasteiger partial charge on any atom is 0.341 e. The lowest BCUT2D eigenvalue weighted by molar-refractivity contribution is 0.235. The van der Waals surface area contributed by atoms with Crippen LogP contribution < -0.4 is 5.32 Å². The second-order valence-electron chi connectivity index (χ2n) is 4.33. The molecular formula is C13H18ClF2NO2S. The summed E-state index contributed by atoms with van der Waals surface area (Å²) in [5.41, 5.74) is 0.227. The zero-order valence-electron chi connectivity index (χ0n) is 11.0. The van der Waals surface area contributed by atoms with Crippen molar-refractivity contribution in [3.8, 4) is 0 Å². The van der Waals surface area contributed by atoms with Gasteiger partial charge in [0, 0.05) is 12.4 Å². The first kappa shape index (κ1) is 17.2. The number of unbranched alkanes of at least 4 members (excludes halogenated alkanes) is 3. The summed E-state index contributed by atoms with van der Waals surface area (Å²) < 4.78 is 48.2. The predicted octanol–water partition coefficient (Wildman–Crippen LogP) is 3.89. The van der Waals surface area contributed by atoms with E-state index in [1.807, 2.05) is 0 Å². The number of rotatable bonds is 9. The summed E-state index contributed by atoms with van der Waals surface area (Å²) in [7, 11) is -4.57. The number of nitrogens with one attached hydrogen (secondary N) is 1. The molecule has 0 radical (unpaired) electrons. The van der Waals surface area contributed by atoms with Gasteiger partial charge < -0.3 is 5.32 Å². The van der Waals surface area contributed by atoms with Crippen LogP contribution in [0.5, 0.6) is 0 Å². The Hall–Kier alpha value is -0.880. The molecule has 0 saturated heterocycles. The highest BCUT2D eigenvalue weighted by Crippen LogP contribution is 2.26. The standard InChI is InChI=1S/C13H18ClF2NO2S/c14-9-5-1-2-6-10-17-11-7-3-4-8-12(11)20(18,19)13(15)16/h3-4,7-8,13,17H,1-2,5-6,9-10H2. The summed E-state index contributed by atoms with van der Waals surface area (Å²) >= 11 is 5.56. The van der Waals surface area contributed by atoms with Gasteiger partial charge in [-0.2, -0.15) is 8.78 Å². The molecule has 1 aromatic carbocycles. The smallest absolute Gasteiger partial charge is 0.341 e. The minimum Gasteiger partial charge on any atom is -0.384 e. The highest BCUT2D eigenvalue weighted by Gasteiger charge is 2.28. The van der Waals surface area contributed by atoms with Gasteiger partial charge in [-0.1, -0.05) is 25.0 Å². The topological polar surface area (TPSA) is 46.2 Å². The molecule has 7 heteroatoms. The number of alkyl halides is 3. The molecule has 1 aromatic rings. The van der Waals surface area contributed by atoms with Gasteiger partial charge in [-0.15, -0.1) is 11.6 Å². The van der Waals surface area contributed by atoms with Crippen molar-refractivity contribution in [2.45, 2.75) is 36.3 Å². The van der Waals surface area contributed by atoms with Crippen LogP contribution in [0.2, 0.25) is 0 Å². The van der Waals surface area contributed by atoms with Gasteiger partial charge in [0.15, 0.2) is 0 Å². The molecule has 0 aliphatic heterocycles. The fraction of sp³-hybridized carbons (Fsp3) is 0.538. The number of anilines is 1. The SMILES string of the molecule is O=S(=O)(c1ccccc1NCCCCCCCl)C(F)F. The Bertz CT molecular complexity index is 509. The van der Waals surface area contributed by atoms with Crippen molar-refractivity contribution < 1.29 is 17.2 Å². The van der Waals surface area contributed by atoms with E-state index in [4.69, 9.17) is 11.6 Å². The minimum atomic E-state index is -4.57. The lowest BCUT2D eigenvalue weighted by atomic mass is 10.2. The zero-order valence-corrected chi connectivity index (χ0v) is 12.6. The van der Waals surface area contributed by atoms with Crippen LogP contribution in [0, 0.1) is 0 Å². The van der Waals surface area contributed by atoms with E-state index in [1.54, 1.807) is 6.07 Å². The predicted molar refractivity (Wildman–Crippen MR) is 77.3 cm³/mol. The molecular weight excluding hydrogens is 308 g/mol. The fourth-order valence-electron chi connectivity index (χ4n) is 1.75. The molecule has 20 heavy (non-hydrogen) atoms. The molecule has 0 fully saturated rings. The molecule has 0 saturated carbocycles. The van der Waals surface area contributed by atoms with Gasteiger partial charge in [-0.05, 0) is 25.0 Å². The van der Waals surface area contributed by atoms with Crippen LogP contribution >= 0.6 is 11.6 Å². The summed E-state index contributed by atoms with van der Waals surface area (Å²) in [5.74, 6) is -2.78. The Balaban J connectivity index is 2.63. The monoisotopic (exact) mass is 325 g/mol. The normalized spacial score (nSPS) is 11.8. The summed E-state index contributed by atoms with van der Waals surface area (Å²) in [6, 6.07) is 5.73. The fourth-order valence-corrected chi connectivity index (χ4v) is 2.85. The van der Waals surface area contributed by atoms with Gasteiger partial charge in [0.2, 0.25) is 9.84 Å². The van der Waals surface area contributed by atoms with Gasteiger partial charge in [-0.25, -0.2) is 8.42 Å². The zero-order chi connectivity index (χ0) is 15.0. The second-order valence-corrected chi connectivity index (χ2v) is 6.60. The van der Waals surface area contributed by atoms with E-state index < -0.39 is 15.6 Å². The number of para-hydroxylation sites is 1. The van der Waals surface area contributed by atoms with Gasteiger partial charge in [0.1, 0.15) is 0 Å². The average molecular weight is 326 g/mol. The molecule has 0 atom stereocenters. The average Bonchev–Trinajstić information content (AvgIpc) is 2.43. The summed E-state index contributed by atoms with van der Waals surface area (Å²) in [6.07, 6.45) is 3.74. The Labute approximate surface area is 123 Å². The maximum atomic E-state index is 12.6. The van der Waals surface area contributed by atoms with Crippen molar-refractivity contribution in [3.63, 3.8) is 0 Å². The Morgan fingerprint density at radius 3 is 2.40 bits per heavy atom. The van der Waals surface area contributed by atoms with E-state index in [0.29, 0.717) is 12.4 Å². The van der Waals surface area contributed by atoms with E-state index in [2.05, 4.69) is 5.32 Å². The quantitative estimate of drug-likeness (QED) is 0.553. The molecule has 0 bridgehead atoms.